The summed E-state index contributed by atoms with van der Waals surface area (Å²) in [5.74, 6) is 0.954. The van der Waals surface area contributed by atoms with E-state index >= 15 is 0 Å². The van der Waals surface area contributed by atoms with Gasteiger partial charge in [-0.05, 0) is 73.8 Å². The molecule has 0 spiro atoms. The van der Waals surface area contributed by atoms with Crippen molar-refractivity contribution in [2.24, 2.45) is 5.92 Å². The number of carbonyl (C=O) groups is 1. The van der Waals surface area contributed by atoms with E-state index in [0.717, 1.165) is 62.0 Å². The average Bonchev–Trinajstić information content (AvgIpc) is 2.80. The van der Waals surface area contributed by atoms with Gasteiger partial charge in [-0.1, -0.05) is 70.2 Å². The Labute approximate surface area is 192 Å². The maximum Gasteiger partial charge on any atom is 0.514 e. The Morgan fingerprint density at radius 2 is 1.66 bits per heavy atom. The Morgan fingerprint density at radius 3 is 2.31 bits per heavy atom. The van der Waals surface area contributed by atoms with Crippen LogP contribution in [0.15, 0.2) is 42.5 Å². The van der Waals surface area contributed by atoms with Gasteiger partial charge in [-0.3, -0.25) is 0 Å². The van der Waals surface area contributed by atoms with E-state index in [4.69, 9.17) is 9.47 Å². The first-order valence-electron chi connectivity index (χ1n) is 12.4. The van der Waals surface area contributed by atoms with Crippen molar-refractivity contribution in [1.82, 2.24) is 0 Å². The summed E-state index contributed by atoms with van der Waals surface area (Å²) in [5, 5.41) is 0. The molecule has 0 aliphatic heterocycles. The number of carbonyl (C=O) groups excluding carboxylic acids is 1. The SMILES string of the molecule is CCCCC[C@H]1CC[C@H](OC(=O)Oc2ccc(-c3ccc(CCCC)cc3F)cc2)CC1. The van der Waals surface area contributed by atoms with Gasteiger partial charge < -0.3 is 9.47 Å². The van der Waals surface area contributed by atoms with Gasteiger partial charge >= 0.3 is 6.16 Å². The van der Waals surface area contributed by atoms with E-state index in [1.807, 2.05) is 12.1 Å². The van der Waals surface area contributed by atoms with Crippen molar-refractivity contribution in [3.8, 4) is 16.9 Å². The molecule has 32 heavy (non-hydrogen) atoms. The first kappa shape index (κ1) is 24.3. The minimum atomic E-state index is -0.654. The summed E-state index contributed by atoms with van der Waals surface area (Å²) in [7, 11) is 0. The van der Waals surface area contributed by atoms with E-state index < -0.39 is 6.16 Å². The second kappa shape index (κ2) is 12.6. The van der Waals surface area contributed by atoms with E-state index in [0.29, 0.717) is 11.3 Å². The van der Waals surface area contributed by atoms with E-state index in [-0.39, 0.29) is 11.9 Å². The van der Waals surface area contributed by atoms with Crippen LogP contribution < -0.4 is 4.74 Å². The van der Waals surface area contributed by atoms with Crippen molar-refractivity contribution < 1.29 is 18.7 Å². The van der Waals surface area contributed by atoms with E-state index in [1.165, 1.54) is 25.7 Å². The van der Waals surface area contributed by atoms with Gasteiger partial charge in [0.1, 0.15) is 17.7 Å². The summed E-state index contributed by atoms with van der Waals surface area (Å²) >= 11 is 0. The molecule has 3 nitrogen and oxygen atoms in total. The van der Waals surface area contributed by atoms with Crippen LogP contribution in [0.4, 0.5) is 9.18 Å². The lowest BCUT2D eigenvalue weighted by Gasteiger charge is -2.27. The van der Waals surface area contributed by atoms with Crippen molar-refractivity contribution in [1.29, 1.82) is 0 Å². The zero-order valence-corrected chi connectivity index (χ0v) is 19.6. The number of hydrogen-bond donors (Lipinski definition) is 0. The molecule has 174 valence electrons. The number of unbranched alkanes of at least 4 members (excludes halogenated alkanes) is 3. The van der Waals surface area contributed by atoms with Gasteiger partial charge in [0.15, 0.2) is 0 Å². The minimum Gasteiger partial charge on any atom is -0.431 e. The molecule has 0 saturated heterocycles. The molecule has 0 bridgehead atoms. The minimum absolute atomic E-state index is 0.0514. The van der Waals surface area contributed by atoms with E-state index in [1.54, 1.807) is 30.3 Å². The number of halogens is 1. The van der Waals surface area contributed by atoms with Gasteiger partial charge in [-0.15, -0.1) is 0 Å². The third-order valence-corrected chi connectivity index (χ3v) is 6.49. The van der Waals surface area contributed by atoms with Crippen LogP contribution in [0.25, 0.3) is 11.1 Å². The van der Waals surface area contributed by atoms with Crippen molar-refractivity contribution in [3.05, 3.63) is 53.8 Å². The summed E-state index contributed by atoms with van der Waals surface area (Å²) < 4.78 is 25.4. The first-order valence-corrected chi connectivity index (χ1v) is 12.4. The lowest BCUT2D eigenvalue weighted by molar-refractivity contribution is 0.0329. The van der Waals surface area contributed by atoms with Gasteiger partial charge in [0.25, 0.3) is 0 Å². The standard InChI is InChI=1S/C28H37FO3/c1-3-5-7-9-21-10-15-24(16-11-21)31-28(30)32-25-17-13-23(14-18-25)26-19-12-22(8-6-4-2)20-27(26)29/h12-14,17-21,24H,3-11,15-16H2,1-2H3/t21-,24-. The maximum absolute atomic E-state index is 14.5. The lowest BCUT2D eigenvalue weighted by atomic mass is 9.84. The normalized spacial score (nSPS) is 18.3. The van der Waals surface area contributed by atoms with Gasteiger partial charge in [-0.2, -0.15) is 0 Å². The fraction of sp³-hybridized carbons (Fsp3) is 0.536. The zero-order chi connectivity index (χ0) is 22.8. The monoisotopic (exact) mass is 440 g/mol. The number of aryl methyl sites for hydroxylation is 1. The van der Waals surface area contributed by atoms with Crippen LogP contribution in [0.1, 0.15) is 83.6 Å². The second-order valence-corrected chi connectivity index (χ2v) is 9.05. The highest BCUT2D eigenvalue weighted by Crippen LogP contribution is 2.31. The fourth-order valence-corrected chi connectivity index (χ4v) is 4.51. The number of ether oxygens (including phenoxy) is 2. The predicted octanol–water partition coefficient (Wildman–Crippen LogP) is 8.49. The first-order chi connectivity index (χ1) is 15.6. The molecule has 2 aromatic carbocycles. The number of rotatable bonds is 10. The molecule has 0 amide bonds. The number of hydrogen-bond acceptors (Lipinski definition) is 3. The molecule has 2 aromatic rings. The van der Waals surface area contributed by atoms with E-state index in [2.05, 4.69) is 13.8 Å². The van der Waals surface area contributed by atoms with Crippen LogP contribution in [0.2, 0.25) is 0 Å². The largest absolute Gasteiger partial charge is 0.514 e. The molecule has 0 N–H and O–H groups in total. The Hall–Kier alpha value is -2.36. The van der Waals surface area contributed by atoms with Crippen molar-refractivity contribution in [3.63, 3.8) is 0 Å². The molecule has 1 fully saturated rings. The Kier molecular flexibility index (Phi) is 9.58. The molecular formula is C28H37FO3. The predicted molar refractivity (Wildman–Crippen MR) is 127 cm³/mol. The van der Waals surface area contributed by atoms with Crippen LogP contribution in [-0.4, -0.2) is 12.3 Å². The molecule has 1 aliphatic carbocycles. The molecule has 0 unspecified atom stereocenters. The lowest BCUT2D eigenvalue weighted by Crippen LogP contribution is -2.26. The highest BCUT2D eigenvalue weighted by atomic mass is 19.1. The van der Waals surface area contributed by atoms with Crippen molar-refractivity contribution in [2.45, 2.75) is 90.6 Å². The summed E-state index contributed by atoms with van der Waals surface area (Å²) in [6, 6.07) is 12.3. The highest BCUT2D eigenvalue weighted by molar-refractivity contribution is 5.67. The van der Waals surface area contributed by atoms with Crippen LogP contribution in [0.3, 0.4) is 0 Å². The van der Waals surface area contributed by atoms with Gasteiger partial charge in [-0.25, -0.2) is 9.18 Å². The Morgan fingerprint density at radius 1 is 0.938 bits per heavy atom. The summed E-state index contributed by atoms with van der Waals surface area (Å²) in [6.45, 7) is 4.36. The third kappa shape index (κ3) is 7.36. The molecule has 0 heterocycles. The van der Waals surface area contributed by atoms with Gasteiger partial charge in [0.05, 0.1) is 0 Å². The van der Waals surface area contributed by atoms with Crippen LogP contribution in [0.5, 0.6) is 5.75 Å². The summed E-state index contributed by atoms with van der Waals surface area (Å²) in [4.78, 5) is 12.2. The summed E-state index contributed by atoms with van der Waals surface area (Å²) in [6.07, 6.45) is 11.6. The van der Waals surface area contributed by atoms with Crippen LogP contribution in [0, 0.1) is 11.7 Å². The maximum atomic E-state index is 14.5. The smallest absolute Gasteiger partial charge is 0.431 e. The highest BCUT2D eigenvalue weighted by Gasteiger charge is 2.24. The molecule has 0 radical (unpaired) electrons. The Bertz CT molecular complexity index is 838. The van der Waals surface area contributed by atoms with Crippen molar-refractivity contribution >= 4 is 6.16 Å². The fourth-order valence-electron chi connectivity index (χ4n) is 4.51. The molecule has 4 heteroatoms. The summed E-state index contributed by atoms with van der Waals surface area (Å²) in [5.41, 5.74) is 2.33. The molecular weight excluding hydrogens is 403 g/mol. The van der Waals surface area contributed by atoms with Gasteiger partial charge in [0.2, 0.25) is 0 Å². The average molecular weight is 441 g/mol. The molecule has 0 aromatic heterocycles. The molecule has 0 atom stereocenters. The Balaban J connectivity index is 1.47. The topological polar surface area (TPSA) is 35.5 Å². The third-order valence-electron chi connectivity index (χ3n) is 6.49. The quantitative estimate of drug-likeness (QED) is 0.211. The number of benzene rings is 2. The molecule has 1 saturated carbocycles. The van der Waals surface area contributed by atoms with Crippen molar-refractivity contribution in [2.75, 3.05) is 0 Å². The van der Waals surface area contributed by atoms with Crippen LogP contribution in [-0.2, 0) is 11.2 Å². The van der Waals surface area contributed by atoms with E-state index in [9.17, 15) is 9.18 Å². The van der Waals surface area contributed by atoms with Crippen LogP contribution >= 0.6 is 0 Å². The van der Waals surface area contributed by atoms with Gasteiger partial charge in [0, 0.05) is 5.56 Å². The zero-order valence-electron chi connectivity index (χ0n) is 19.6. The molecule has 1 aliphatic rings. The molecule has 3 rings (SSSR count). The second-order valence-electron chi connectivity index (χ2n) is 9.05.